The van der Waals surface area contributed by atoms with Gasteiger partial charge in [0.2, 0.25) is 0 Å². The number of furan rings is 1. The molecule has 8 aromatic rings. The highest BCUT2D eigenvalue weighted by atomic mass is 16.3. The summed E-state index contributed by atoms with van der Waals surface area (Å²) in [5.41, 5.74) is 21.4. The molecule has 4 nitrogen and oxygen atoms in total. The first-order chi connectivity index (χ1) is 34.5. The van der Waals surface area contributed by atoms with Crippen molar-refractivity contribution in [3.05, 3.63) is 197 Å². The van der Waals surface area contributed by atoms with Crippen LogP contribution in [0.4, 0.5) is 45.5 Å². The van der Waals surface area contributed by atoms with E-state index < -0.39 is 0 Å². The summed E-state index contributed by atoms with van der Waals surface area (Å²) < 4.78 is 7.82. The standard InChI is InChI=1S/C68H74BN3O/c1-44(45-30-32-47(33-31-45)64(2,3)4)70-57-42-52(71(50-26-20-16-21-27-50)51-28-22-17-23-29-51)43-58-60(57)69(63-61(70)59-62(73-63)68(13,14)39-38-67(59,11)12)54-41-49(66(8,9)10)35-37-56(54)72(58)55-36-34-48(65(5,6)7)40-53(55)46-24-18-15-19-25-46/h15-37,40-44H,38-39H2,1-14H3. The molecule has 5 heteroatoms. The minimum atomic E-state index is -0.178. The van der Waals surface area contributed by atoms with Crippen LogP contribution in [-0.2, 0) is 27.1 Å². The van der Waals surface area contributed by atoms with Crippen LogP contribution in [0.5, 0.6) is 0 Å². The fourth-order valence-electron chi connectivity index (χ4n) is 12.1. The Morgan fingerprint density at radius 2 is 1.03 bits per heavy atom. The van der Waals surface area contributed by atoms with Crippen LogP contribution < -0.4 is 31.3 Å². The number of benzene rings is 7. The van der Waals surface area contributed by atoms with E-state index in [0.717, 1.165) is 52.7 Å². The Bertz CT molecular complexity index is 3330. The van der Waals surface area contributed by atoms with Crippen LogP contribution in [0.3, 0.4) is 0 Å². The summed E-state index contributed by atoms with van der Waals surface area (Å²) >= 11 is 0. The van der Waals surface area contributed by atoms with Crippen molar-refractivity contribution in [2.45, 2.75) is 143 Å². The molecule has 1 atom stereocenters. The van der Waals surface area contributed by atoms with Gasteiger partial charge in [-0.05, 0) is 135 Å². The molecule has 0 saturated heterocycles. The molecule has 3 heterocycles. The third-order valence-corrected chi connectivity index (χ3v) is 16.6. The lowest BCUT2D eigenvalue weighted by Gasteiger charge is -2.47. The molecule has 0 spiro atoms. The summed E-state index contributed by atoms with van der Waals surface area (Å²) in [6.45, 7) is 32.9. The highest BCUT2D eigenvalue weighted by Crippen LogP contribution is 2.56. The van der Waals surface area contributed by atoms with Gasteiger partial charge in [0, 0.05) is 45.0 Å². The molecule has 0 amide bonds. The number of anilines is 8. The molecule has 73 heavy (non-hydrogen) atoms. The average molecular weight is 960 g/mol. The zero-order chi connectivity index (χ0) is 51.6. The normalized spacial score (nSPS) is 16.1. The van der Waals surface area contributed by atoms with Crippen LogP contribution in [-0.4, -0.2) is 6.71 Å². The lowest BCUT2D eigenvalue weighted by atomic mass is 9.35. The van der Waals surface area contributed by atoms with Gasteiger partial charge in [0.1, 0.15) is 5.76 Å². The second-order valence-electron chi connectivity index (χ2n) is 25.7. The summed E-state index contributed by atoms with van der Waals surface area (Å²) in [5, 5.41) is 0. The number of nitrogens with zero attached hydrogens (tertiary/aromatic N) is 3. The molecule has 0 saturated carbocycles. The second-order valence-corrected chi connectivity index (χ2v) is 25.7. The van der Waals surface area contributed by atoms with Gasteiger partial charge in [-0.2, -0.15) is 0 Å². The zero-order valence-electron chi connectivity index (χ0n) is 45.9. The van der Waals surface area contributed by atoms with Gasteiger partial charge in [0.05, 0.1) is 28.8 Å². The number of hydrogen-bond acceptors (Lipinski definition) is 4. The molecular weight excluding hydrogens is 886 g/mol. The van der Waals surface area contributed by atoms with Crippen molar-refractivity contribution in [2.75, 3.05) is 14.7 Å². The predicted molar refractivity (Wildman–Crippen MR) is 313 cm³/mol. The number of hydrogen-bond donors (Lipinski definition) is 0. The summed E-state index contributed by atoms with van der Waals surface area (Å²) in [7, 11) is 0. The van der Waals surface area contributed by atoms with Crippen LogP contribution in [0, 0.1) is 0 Å². The Morgan fingerprint density at radius 3 is 1.60 bits per heavy atom. The van der Waals surface area contributed by atoms with Crippen molar-refractivity contribution in [2.24, 2.45) is 0 Å². The number of fused-ring (bicyclic) bond motifs is 6. The van der Waals surface area contributed by atoms with Gasteiger partial charge in [-0.25, -0.2) is 0 Å². The van der Waals surface area contributed by atoms with Crippen molar-refractivity contribution >= 4 is 68.8 Å². The van der Waals surface area contributed by atoms with E-state index >= 15 is 0 Å². The lowest BCUT2D eigenvalue weighted by Crippen LogP contribution is -2.62. The van der Waals surface area contributed by atoms with Crippen LogP contribution in [0.15, 0.2) is 168 Å². The second kappa shape index (κ2) is 17.2. The van der Waals surface area contributed by atoms with E-state index in [-0.39, 0.29) is 39.8 Å². The minimum Gasteiger partial charge on any atom is -0.472 e. The minimum absolute atomic E-state index is 0.0324. The lowest BCUT2D eigenvalue weighted by molar-refractivity contribution is 0.282. The predicted octanol–water partition coefficient (Wildman–Crippen LogP) is 17.2. The fraction of sp³-hybridized carbons (Fsp3) is 0.324. The Balaban J connectivity index is 1.31. The van der Waals surface area contributed by atoms with Crippen LogP contribution in [0.25, 0.3) is 11.1 Å². The van der Waals surface area contributed by atoms with Crippen molar-refractivity contribution in [3.8, 4) is 11.1 Å². The molecular formula is C68H74BN3O. The maximum Gasteiger partial charge on any atom is 0.297 e. The average Bonchev–Trinajstić information content (AvgIpc) is 3.78. The van der Waals surface area contributed by atoms with Gasteiger partial charge < -0.3 is 19.1 Å². The summed E-state index contributed by atoms with van der Waals surface area (Å²) in [5.74, 6) is 1.14. The first kappa shape index (κ1) is 48.5. The molecule has 1 aliphatic carbocycles. The van der Waals surface area contributed by atoms with E-state index in [0.29, 0.717) is 0 Å². The van der Waals surface area contributed by atoms with E-state index in [1.807, 2.05) is 0 Å². The molecule has 11 rings (SSSR count). The molecule has 0 bridgehead atoms. The fourth-order valence-corrected chi connectivity index (χ4v) is 12.1. The van der Waals surface area contributed by atoms with E-state index in [9.17, 15) is 0 Å². The summed E-state index contributed by atoms with van der Waals surface area (Å²) in [4.78, 5) is 7.79. The zero-order valence-corrected chi connectivity index (χ0v) is 45.9. The van der Waals surface area contributed by atoms with Crippen molar-refractivity contribution in [1.29, 1.82) is 0 Å². The van der Waals surface area contributed by atoms with Crippen molar-refractivity contribution in [3.63, 3.8) is 0 Å². The van der Waals surface area contributed by atoms with Crippen molar-refractivity contribution in [1.82, 2.24) is 0 Å². The highest BCUT2D eigenvalue weighted by Gasteiger charge is 2.53. The molecule has 0 fully saturated rings. The molecule has 1 aromatic heterocycles. The molecule has 370 valence electrons. The van der Waals surface area contributed by atoms with Gasteiger partial charge >= 0.3 is 0 Å². The summed E-state index contributed by atoms with van der Waals surface area (Å²) in [6, 6.07) is 61.9. The molecule has 1 unspecified atom stereocenters. The first-order valence-electron chi connectivity index (χ1n) is 26.8. The largest absolute Gasteiger partial charge is 0.472 e. The van der Waals surface area contributed by atoms with Crippen LogP contribution >= 0.6 is 0 Å². The maximum atomic E-state index is 7.82. The molecule has 0 radical (unpaired) electrons. The quantitative estimate of drug-likeness (QED) is 0.149. The molecule has 3 aliphatic rings. The third kappa shape index (κ3) is 8.23. The van der Waals surface area contributed by atoms with E-state index in [2.05, 4.69) is 275 Å². The Morgan fingerprint density at radius 1 is 0.521 bits per heavy atom. The van der Waals surface area contributed by atoms with Gasteiger partial charge in [-0.3, -0.25) is 0 Å². The Hall–Kier alpha value is -6.72. The number of rotatable bonds is 7. The third-order valence-electron chi connectivity index (χ3n) is 16.6. The molecule has 7 aromatic carbocycles. The smallest absolute Gasteiger partial charge is 0.297 e. The van der Waals surface area contributed by atoms with E-state index in [1.165, 1.54) is 66.9 Å². The highest BCUT2D eigenvalue weighted by molar-refractivity contribution is 6.99. The first-order valence-corrected chi connectivity index (χ1v) is 26.8. The topological polar surface area (TPSA) is 22.9 Å². The van der Waals surface area contributed by atoms with Gasteiger partial charge in [-0.15, -0.1) is 0 Å². The molecule has 2 aliphatic heterocycles. The SMILES string of the molecule is CC(c1ccc(C(C)(C)C)cc1)N1c2cc(N(c3ccccc3)c3ccccc3)cc3c2B(c2cc(C(C)(C)C)ccc2N3c2ccc(C(C)(C)C)cc2-c2ccccc2)c2oc3c(c21)C(C)(C)CCC3(C)C. The summed E-state index contributed by atoms with van der Waals surface area (Å²) in [6.07, 6.45) is 2.14. The monoisotopic (exact) mass is 960 g/mol. The van der Waals surface area contributed by atoms with Crippen molar-refractivity contribution < 1.29 is 4.42 Å². The maximum absolute atomic E-state index is 7.82. The van der Waals surface area contributed by atoms with Gasteiger partial charge in [0.25, 0.3) is 6.71 Å². The van der Waals surface area contributed by atoms with Crippen LogP contribution in [0.1, 0.15) is 149 Å². The van der Waals surface area contributed by atoms with Crippen LogP contribution in [0.2, 0.25) is 0 Å². The van der Waals surface area contributed by atoms with E-state index in [4.69, 9.17) is 4.42 Å². The van der Waals surface area contributed by atoms with E-state index in [1.54, 1.807) is 0 Å². The number of para-hydroxylation sites is 2. The Labute approximate surface area is 437 Å². The van der Waals surface area contributed by atoms with Gasteiger partial charge in [0.15, 0.2) is 0 Å². The van der Waals surface area contributed by atoms with Gasteiger partial charge in [-0.1, -0.05) is 199 Å². The Kier molecular flexibility index (Phi) is 11.4. The molecule has 0 N–H and O–H groups in total.